The van der Waals surface area contributed by atoms with E-state index in [9.17, 15) is 0 Å². The third kappa shape index (κ3) is 2.69. The van der Waals surface area contributed by atoms with E-state index in [4.69, 9.17) is 5.84 Å². The van der Waals surface area contributed by atoms with Gasteiger partial charge in [-0.3, -0.25) is 16.2 Å². The maximum Gasteiger partial charge on any atom is 0.0641 e. The molecule has 1 aliphatic rings. The Hall–Kier alpha value is -0.900. The first-order valence-corrected chi connectivity index (χ1v) is 7.25. The van der Waals surface area contributed by atoms with Crippen molar-refractivity contribution in [2.75, 3.05) is 13.1 Å². The van der Waals surface area contributed by atoms with Crippen molar-refractivity contribution in [3.63, 3.8) is 0 Å². The van der Waals surface area contributed by atoms with Crippen molar-refractivity contribution in [2.45, 2.75) is 52.1 Å². The van der Waals surface area contributed by atoms with Gasteiger partial charge in [0.15, 0.2) is 0 Å². The summed E-state index contributed by atoms with van der Waals surface area (Å²) in [4.78, 5) is 2.55. The van der Waals surface area contributed by atoms with E-state index in [-0.39, 0.29) is 11.6 Å². The number of nitrogens with two attached hydrogens (primary N) is 1. The lowest BCUT2D eigenvalue weighted by atomic mass is 9.84. The number of rotatable bonds is 4. The molecule has 0 radical (unpaired) electrons. The van der Waals surface area contributed by atoms with Crippen molar-refractivity contribution < 1.29 is 0 Å². The molecule has 0 aliphatic carbocycles. The Balaban J connectivity index is 2.35. The Morgan fingerprint density at radius 3 is 2.42 bits per heavy atom. The van der Waals surface area contributed by atoms with Gasteiger partial charge in [0.05, 0.1) is 6.04 Å². The molecule has 1 fully saturated rings. The molecule has 1 aromatic rings. The highest BCUT2D eigenvalue weighted by Gasteiger charge is 2.37. The molecule has 1 atom stereocenters. The maximum absolute atomic E-state index is 5.90. The number of hydrogen-bond acceptors (Lipinski definition) is 3. The van der Waals surface area contributed by atoms with Crippen molar-refractivity contribution in [2.24, 2.45) is 5.84 Å². The molecule has 1 unspecified atom stereocenters. The van der Waals surface area contributed by atoms with Crippen LogP contribution in [0.25, 0.3) is 0 Å². The van der Waals surface area contributed by atoms with Gasteiger partial charge in [-0.05, 0) is 70.3 Å². The summed E-state index contributed by atoms with van der Waals surface area (Å²) in [5, 5.41) is 0. The van der Waals surface area contributed by atoms with Crippen LogP contribution in [0.5, 0.6) is 0 Å². The van der Waals surface area contributed by atoms with E-state index >= 15 is 0 Å². The first-order chi connectivity index (χ1) is 8.98. The van der Waals surface area contributed by atoms with Gasteiger partial charge in [0.1, 0.15) is 0 Å². The summed E-state index contributed by atoms with van der Waals surface area (Å²) in [6, 6.07) is 6.65. The molecule has 106 valence electrons. The number of likely N-dealkylation sites (tertiary alicyclic amines) is 1. The van der Waals surface area contributed by atoms with Crippen molar-refractivity contribution in [3.05, 3.63) is 34.9 Å². The SMILES string of the molecule is Cc1cccc(C(NN)C(C)(C)N2CCCC2)c1C. The van der Waals surface area contributed by atoms with Gasteiger partial charge in [0, 0.05) is 5.54 Å². The van der Waals surface area contributed by atoms with E-state index in [0.717, 1.165) is 0 Å². The minimum atomic E-state index is 0.0316. The highest BCUT2D eigenvalue weighted by Crippen LogP contribution is 2.34. The number of benzene rings is 1. The Kier molecular flexibility index (Phi) is 4.29. The zero-order valence-electron chi connectivity index (χ0n) is 12.7. The van der Waals surface area contributed by atoms with E-state index in [1.807, 2.05) is 0 Å². The number of hydrogen-bond donors (Lipinski definition) is 2. The van der Waals surface area contributed by atoms with Crippen molar-refractivity contribution in [1.29, 1.82) is 0 Å². The second kappa shape index (κ2) is 5.61. The van der Waals surface area contributed by atoms with Gasteiger partial charge in [-0.2, -0.15) is 0 Å². The van der Waals surface area contributed by atoms with Crippen LogP contribution in [0, 0.1) is 13.8 Å². The summed E-state index contributed by atoms with van der Waals surface area (Å²) >= 11 is 0. The molecule has 19 heavy (non-hydrogen) atoms. The van der Waals surface area contributed by atoms with Crippen molar-refractivity contribution in [1.82, 2.24) is 10.3 Å². The van der Waals surface area contributed by atoms with Crippen LogP contribution in [-0.4, -0.2) is 23.5 Å². The molecular formula is C16H27N3. The molecule has 0 bridgehead atoms. The molecule has 0 spiro atoms. The monoisotopic (exact) mass is 261 g/mol. The third-order valence-corrected chi connectivity index (χ3v) is 4.75. The lowest BCUT2D eigenvalue weighted by Crippen LogP contribution is -2.53. The Labute approximate surface area is 117 Å². The molecule has 3 heteroatoms. The molecule has 3 N–H and O–H groups in total. The Morgan fingerprint density at radius 1 is 1.21 bits per heavy atom. The Morgan fingerprint density at radius 2 is 1.84 bits per heavy atom. The van der Waals surface area contributed by atoms with Gasteiger partial charge in [-0.1, -0.05) is 18.2 Å². The summed E-state index contributed by atoms with van der Waals surface area (Å²) < 4.78 is 0. The van der Waals surface area contributed by atoms with Gasteiger partial charge in [0.2, 0.25) is 0 Å². The largest absolute Gasteiger partial charge is 0.296 e. The fraction of sp³-hybridized carbons (Fsp3) is 0.625. The topological polar surface area (TPSA) is 41.3 Å². The normalized spacial score (nSPS) is 18.8. The molecule has 0 aromatic heterocycles. The smallest absolute Gasteiger partial charge is 0.0641 e. The summed E-state index contributed by atoms with van der Waals surface area (Å²) in [6.07, 6.45) is 2.60. The number of hydrazine groups is 1. The van der Waals surface area contributed by atoms with Crippen LogP contribution < -0.4 is 11.3 Å². The average Bonchev–Trinajstić information content (AvgIpc) is 2.89. The first-order valence-electron chi connectivity index (χ1n) is 7.25. The summed E-state index contributed by atoms with van der Waals surface area (Å²) in [5.41, 5.74) is 7.09. The van der Waals surface area contributed by atoms with E-state index in [0.29, 0.717) is 0 Å². The number of aryl methyl sites for hydroxylation is 1. The lowest BCUT2D eigenvalue weighted by Gasteiger charge is -2.42. The van der Waals surface area contributed by atoms with Gasteiger partial charge in [-0.15, -0.1) is 0 Å². The molecular weight excluding hydrogens is 234 g/mol. The molecule has 0 saturated carbocycles. The van der Waals surface area contributed by atoms with Crippen molar-refractivity contribution >= 4 is 0 Å². The van der Waals surface area contributed by atoms with Crippen LogP contribution in [0.2, 0.25) is 0 Å². The Bertz CT molecular complexity index is 434. The van der Waals surface area contributed by atoms with Crippen LogP contribution in [-0.2, 0) is 0 Å². The number of nitrogens with zero attached hydrogens (tertiary/aromatic N) is 1. The van der Waals surface area contributed by atoms with Crippen LogP contribution >= 0.6 is 0 Å². The summed E-state index contributed by atoms with van der Waals surface area (Å²) in [7, 11) is 0. The molecule has 2 rings (SSSR count). The zero-order valence-corrected chi connectivity index (χ0v) is 12.7. The quantitative estimate of drug-likeness (QED) is 0.647. The highest BCUT2D eigenvalue weighted by atomic mass is 15.3. The first kappa shape index (κ1) is 14.5. The fourth-order valence-corrected chi connectivity index (χ4v) is 3.24. The van der Waals surface area contributed by atoms with Crippen LogP contribution in [0.15, 0.2) is 18.2 Å². The molecule has 1 heterocycles. The van der Waals surface area contributed by atoms with Gasteiger partial charge in [-0.25, -0.2) is 0 Å². The molecule has 3 nitrogen and oxygen atoms in total. The summed E-state index contributed by atoms with van der Waals surface area (Å²) in [6.45, 7) is 11.3. The van der Waals surface area contributed by atoms with E-state index in [1.165, 1.54) is 42.6 Å². The van der Waals surface area contributed by atoms with Crippen LogP contribution in [0.4, 0.5) is 0 Å². The zero-order chi connectivity index (χ0) is 14.0. The standard InChI is InChI=1S/C16H27N3/c1-12-8-7-9-14(13(12)2)15(18-17)16(3,4)19-10-5-6-11-19/h7-9,15,18H,5-6,10-11,17H2,1-4H3. The lowest BCUT2D eigenvalue weighted by molar-refractivity contribution is 0.106. The number of nitrogens with one attached hydrogen (secondary N) is 1. The minimum absolute atomic E-state index is 0.0316. The highest BCUT2D eigenvalue weighted by molar-refractivity contribution is 5.37. The molecule has 0 amide bonds. The predicted octanol–water partition coefficient (Wildman–Crippen LogP) is 2.68. The molecule has 1 aliphatic heterocycles. The second-order valence-corrected chi connectivity index (χ2v) is 6.24. The summed E-state index contributed by atoms with van der Waals surface area (Å²) in [5.74, 6) is 5.90. The van der Waals surface area contributed by atoms with E-state index < -0.39 is 0 Å². The van der Waals surface area contributed by atoms with Crippen molar-refractivity contribution in [3.8, 4) is 0 Å². The van der Waals surface area contributed by atoms with Gasteiger partial charge >= 0.3 is 0 Å². The fourth-order valence-electron chi connectivity index (χ4n) is 3.24. The third-order valence-electron chi connectivity index (χ3n) is 4.75. The van der Waals surface area contributed by atoms with Gasteiger partial charge < -0.3 is 0 Å². The molecule has 1 saturated heterocycles. The molecule has 1 aromatic carbocycles. The second-order valence-electron chi connectivity index (χ2n) is 6.24. The minimum Gasteiger partial charge on any atom is -0.296 e. The van der Waals surface area contributed by atoms with Gasteiger partial charge in [0.25, 0.3) is 0 Å². The van der Waals surface area contributed by atoms with E-state index in [1.54, 1.807) is 0 Å². The average molecular weight is 261 g/mol. The van der Waals surface area contributed by atoms with Crippen LogP contribution in [0.3, 0.4) is 0 Å². The van der Waals surface area contributed by atoms with E-state index in [2.05, 4.69) is 56.2 Å². The predicted molar refractivity (Wildman–Crippen MR) is 80.9 cm³/mol. The van der Waals surface area contributed by atoms with Crippen LogP contribution in [0.1, 0.15) is 49.4 Å². The maximum atomic E-state index is 5.90.